The van der Waals surface area contributed by atoms with Crippen LogP contribution < -0.4 is 0 Å². The predicted octanol–water partition coefficient (Wildman–Crippen LogP) is 1.74. The second-order valence-corrected chi connectivity index (χ2v) is 4.88. The molecule has 2 heterocycles. The number of nitrogens with one attached hydrogen (secondary N) is 1. The van der Waals surface area contributed by atoms with Crippen LogP contribution in [0.25, 0.3) is 0 Å². The number of nitrogens with zero attached hydrogens (tertiary/aromatic N) is 5. The first-order valence-electron chi connectivity index (χ1n) is 5.81. The topological polar surface area (TPSA) is 72.3 Å². The summed E-state index contributed by atoms with van der Waals surface area (Å²) in [5.74, 6) is 0.652. The molecule has 96 valence electrons. The zero-order valence-corrected chi connectivity index (χ0v) is 10.9. The quantitative estimate of drug-likeness (QED) is 0.716. The van der Waals surface area contributed by atoms with Gasteiger partial charge in [-0.05, 0) is 5.56 Å². The van der Waals surface area contributed by atoms with Crippen molar-refractivity contribution in [2.45, 2.75) is 17.5 Å². The first-order valence-corrected chi connectivity index (χ1v) is 6.80. The van der Waals surface area contributed by atoms with E-state index in [4.69, 9.17) is 0 Å². The Morgan fingerprint density at radius 2 is 2.11 bits per heavy atom. The van der Waals surface area contributed by atoms with E-state index < -0.39 is 0 Å². The van der Waals surface area contributed by atoms with Crippen LogP contribution in [0, 0.1) is 0 Å². The number of rotatable bonds is 5. The summed E-state index contributed by atoms with van der Waals surface area (Å²) in [4.78, 5) is 4.04. The van der Waals surface area contributed by atoms with E-state index >= 15 is 0 Å². The average Bonchev–Trinajstić information content (AvgIpc) is 3.09. The molecule has 0 unspecified atom stereocenters. The molecule has 2 aromatic heterocycles. The van der Waals surface area contributed by atoms with Gasteiger partial charge in [-0.1, -0.05) is 47.3 Å². The van der Waals surface area contributed by atoms with Crippen molar-refractivity contribution in [1.29, 1.82) is 0 Å². The van der Waals surface area contributed by atoms with Crippen LogP contribution >= 0.6 is 11.8 Å². The molecule has 0 amide bonds. The smallest absolute Gasteiger partial charge is 0.209 e. The van der Waals surface area contributed by atoms with Gasteiger partial charge in [-0.3, -0.25) is 5.10 Å². The van der Waals surface area contributed by atoms with E-state index in [2.05, 4.69) is 37.6 Å². The van der Waals surface area contributed by atoms with Crippen LogP contribution in [0.4, 0.5) is 0 Å². The van der Waals surface area contributed by atoms with E-state index in [1.165, 1.54) is 17.3 Å². The maximum atomic E-state index is 4.16. The van der Waals surface area contributed by atoms with Gasteiger partial charge in [0, 0.05) is 12.6 Å². The van der Waals surface area contributed by atoms with E-state index in [0.717, 1.165) is 12.1 Å². The number of H-pyrrole nitrogens is 1. The lowest BCUT2D eigenvalue weighted by molar-refractivity contribution is 0.698. The fourth-order valence-electron chi connectivity index (χ4n) is 1.68. The van der Waals surface area contributed by atoms with Crippen LogP contribution in [0.3, 0.4) is 0 Å². The lowest BCUT2D eigenvalue weighted by Gasteiger charge is -1.96. The van der Waals surface area contributed by atoms with E-state index in [9.17, 15) is 0 Å². The molecular formula is C12H12N6S. The van der Waals surface area contributed by atoms with Gasteiger partial charge in [0.15, 0.2) is 0 Å². The minimum atomic E-state index is 0.652. The largest absolute Gasteiger partial charge is 0.265 e. The highest BCUT2D eigenvalue weighted by atomic mass is 32.2. The monoisotopic (exact) mass is 272 g/mol. The van der Waals surface area contributed by atoms with Crippen LogP contribution in [-0.4, -0.2) is 30.2 Å². The van der Waals surface area contributed by atoms with Crippen molar-refractivity contribution >= 4 is 11.8 Å². The Balaban J connectivity index is 1.60. The Hall–Kier alpha value is -2.15. The molecule has 0 aliphatic rings. The molecular weight excluding hydrogens is 260 g/mol. The van der Waals surface area contributed by atoms with E-state index in [1.54, 1.807) is 11.0 Å². The number of hydrogen-bond donors (Lipinski definition) is 1. The zero-order chi connectivity index (χ0) is 12.9. The molecule has 0 radical (unpaired) electrons. The van der Waals surface area contributed by atoms with Crippen molar-refractivity contribution in [3.63, 3.8) is 0 Å². The molecule has 0 atom stereocenters. The number of aromatic nitrogens is 6. The van der Waals surface area contributed by atoms with Gasteiger partial charge in [-0.2, -0.15) is 0 Å². The summed E-state index contributed by atoms with van der Waals surface area (Å²) in [7, 11) is 0. The fraction of sp³-hybridized carbons (Fsp3) is 0.167. The van der Waals surface area contributed by atoms with Gasteiger partial charge in [0.25, 0.3) is 0 Å². The maximum absolute atomic E-state index is 4.16. The maximum Gasteiger partial charge on any atom is 0.209 e. The van der Waals surface area contributed by atoms with Gasteiger partial charge in [0.2, 0.25) is 5.16 Å². The van der Waals surface area contributed by atoms with E-state index in [-0.39, 0.29) is 0 Å². The molecule has 1 N–H and O–H groups in total. The van der Waals surface area contributed by atoms with E-state index in [1.807, 2.05) is 24.4 Å². The first kappa shape index (κ1) is 11.9. The zero-order valence-electron chi connectivity index (χ0n) is 10.1. The lowest BCUT2D eigenvalue weighted by Crippen LogP contribution is -1.95. The van der Waals surface area contributed by atoms with Gasteiger partial charge in [-0.25, -0.2) is 9.67 Å². The molecule has 0 aliphatic heterocycles. The highest BCUT2D eigenvalue weighted by molar-refractivity contribution is 7.98. The van der Waals surface area contributed by atoms with Crippen molar-refractivity contribution in [3.8, 4) is 0 Å². The molecule has 0 saturated carbocycles. The summed E-state index contributed by atoms with van der Waals surface area (Å²) < 4.78 is 1.79. The number of benzene rings is 1. The summed E-state index contributed by atoms with van der Waals surface area (Å²) in [6.07, 6.45) is 4.31. The van der Waals surface area contributed by atoms with Gasteiger partial charge in [0.05, 0.1) is 11.6 Å². The number of thioether (sulfide) groups is 1. The Bertz CT molecular complexity index is 619. The predicted molar refractivity (Wildman–Crippen MR) is 71.5 cm³/mol. The summed E-state index contributed by atoms with van der Waals surface area (Å²) in [6.45, 7) is 0. The fourth-order valence-corrected chi connectivity index (χ4v) is 2.30. The standard InChI is InChI=1S/C12H12N6S/c1-2-4-10(5-3-1)6-11-7-18(17-15-11)9-19-12-13-8-14-16-12/h1-5,7-8H,6,9H2,(H,13,14,16). The molecule has 0 bridgehead atoms. The minimum absolute atomic E-state index is 0.652. The Morgan fingerprint density at radius 1 is 1.21 bits per heavy atom. The highest BCUT2D eigenvalue weighted by Gasteiger charge is 2.03. The van der Waals surface area contributed by atoms with Crippen molar-refractivity contribution in [1.82, 2.24) is 30.2 Å². The van der Waals surface area contributed by atoms with E-state index in [0.29, 0.717) is 11.0 Å². The molecule has 19 heavy (non-hydrogen) atoms. The van der Waals surface area contributed by atoms with Crippen molar-refractivity contribution in [2.24, 2.45) is 0 Å². The number of hydrogen-bond acceptors (Lipinski definition) is 5. The third kappa shape index (κ3) is 3.19. The highest BCUT2D eigenvalue weighted by Crippen LogP contribution is 2.13. The third-order valence-corrected chi connectivity index (χ3v) is 3.38. The Kier molecular flexibility index (Phi) is 3.55. The minimum Gasteiger partial charge on any atom is -0.265 e. The Labute approximate surface area is 114 Å². The molecule has 3 rings (SSSR count). The van der Waals surface area contributed by atoms with Crippen molar-refractivity contribution < 1.29 is 0 Å². The van der Waals surface area contributed by atoms with Crippen LogP contribution in [0.1, 0.15) is 11.3 Å². The summed E-state index contributed by atoms with van der Waals surface area (Å²) >= 11 is 1.51. The summed E-state index contributed by atoms with van der Waals surface area (Å²) in [5.41, 5.74) is 2.19. The second kappa shape index (κ2) is 5.66. The molecule has 7 heteroatoms. The second-order valence-electron chi connectivity index (χ2n) is 3.97. The molecule has 3 aromatic rings. The van der Waals surface area contributed by atoms with Crippen molar-refractivity contribution in [3.05, 3.63) is 54.1 Å². The van der Waals surface area contributed by atoms with Gasteiger partial charge in [0.1, 0.15) is 6.33 Å². The molecule has 6 nitrogen and oxygen atoms in total. The van der Waals surface area contributed by atoms with Crippen LogP contribution in [0.2, 0.25) is 0 Å². The number of aromatic amines is 1. The SMILES string of the molecule is c1ccc(Cc2cn(CSc3nc[nH]n3)nn2)cc1. The third-order valence-electron chi connectivity index (χ3n) is 2.53. The van der Waals surface area contributed by atoms with Crippen LogP contribution in [0.5, 0.6) is 0 Å². The van der Waals surface area contributed by atoms with Crippen molar-refractivity contribution in [2.75, 3.05) is 0 Å². The molecule has 0 spiro atoms. The molecule has 0 fully saturated rings. The summed E-state index contributed by atoms with van der Waals surface area (Å²) in [5, 5.41) is 15.6. The van der Waals surface area contributed by atoms with Gasteiger partial charge >= 0.3 is 0 Å². The molecule has 1 aromatic carbocycles. The Morgan fingerprint density at radius 3 is 2.89 bits per heavy atom. The molecule has 0 aliphatic carbocycles. The lowest BCUT2D eigenvalue weighted by atomic mass is 10.1. The van der Waals surface area contributed by atoms with Gasteiger partial charge in [-0.15, -0.1) is 10.2 Å². The van der Waals surface area contributed by atoms with Crippen LogP contribution in [-0.2, 0) is 12.3 Å². The normalized spacial score (nSPS) is 10.7. The van der Waals surface area contributed by atoms with Crippen LogP contribution in [0.15, 0.2) is 48.0 Å². The summed E-state index contributed by atoms with van der Waals surface area (Å²) in [6, 6.07) is 10.2. The first-order chi connectivity index (χ1) is 9.40. The van der Waals surface area contributed by atoms with Gasteiger partial charge < -0.3 is 0 Å². The average molecular weight is 272 g/mol. The molecule has 0 saturated heterocycles.